The van der Waals surface area contributed by atoms with E-state index in [-0.39, 0.29) is 5.56 Å². The first kappa shape index (κ1) is 14.9. The fourth-order valence-electron chi connectivity index (χ4n) is 1.55. The lowest BCUT2D eigenvalue weighted by molar-refractivity contribution is 0.0897. The van der Waals surface area contributed by atoms with Gasteiger partial charge >= 0.3 is 0 Å². The van der Waals surface area contributed by atoms with Gasteiger partial charge in [-0.25, -0.2) is 8.78 Å². The number of halogens is 3. The Morgan fingerprint density at radius 2 is 2.11 bits per heavy atom. The second-order valence-electron chi connectivity index (χ2n) is 4.43. The predicted molar refractivity (Wildman–Crippen MR) is 67.9 cm³/mol. The molecule has 0 heterocycles. The van der Waals surface area contributed by atoms with E-state index in [9.17, 15) is 13.6 Å². The van der Waals surface area contributed by atoms with Crippen molar-refractivity contribution in [2.75, 3.05) is 5.88 Å². The summed E-state index contributed by atoms with van der Waals surface area (Å²) in [5.41, 5.74) is -0.804. The summed E-state index contributed by atoms with van der Waals surface area (Å²) in [6, 6.07) is 2.81. The monoisotopic (exact) mass is 275 g/mol. The van der Waals surface area contributed by atoms with Crippen LogP contribution in [0.3, 0.4) is 0 Å². The molecule has 1 aromatic carbocycles. The molecule has 1 atom stereocenters. The minimum atomic E-state index is -0.738. The molecule has 0 fully saturated rings. The van der Waals surface area contributed by atoms with Crippen molar-refractivity contribution in [3.8, 4) is 0 Å². The van der Waals surface area contributed by atoms with Gasteiger partial charge in [0.05, 0.1) is 5.56 Å². The number of hydrogen-bond acceptors (Lipinski definition) is 1. The van der Waals surface area contributed by atoms with Crippen LogP contribution in [0.5, 0.6) is 0 Å². The van der Waals surface area contributed by atoms with Crippen LogP contribution in [0.15, 0.2) is 18.2 Å². The zero-order valence-electron chi connectivity index (χ0n) is 10.4. The molecule has 18 heavy (non-hydrogen) atoms. The van der Waals surface area contributed by atoms with Gasteiger partial charge in [0.25, 0.3) is 5.91 Å². The largest absolute Gasteiger partial charge is 0.347 e. The van der Waals surface area contributed by atoms with Crippen molar-refractivity contribution in [2.45, 2.75) is 32.2 Å². The van der Waals surface area contributed by atoms with Gasteiger partial charge < -0.3 is 5.32 Å². The lowest BCUT2D eigenvalue weighted by Crippen LogP contribution is -2.46. The van der Waals surface area contributed by atoms with Crippen molar-refractivity contribution >= 4 is 17.5 Å². The SMILES string of the molecule is CCC(C)(CCCl)NC(=O)c1cc(F)ccc1F. The van der Waals surface area contributed by atoms with Gasteiger partial charge in [-0.2, -0.15) is 0 Å². The van der Waals surface area contributed by atoms with Crippen molar-refractivity contribution in [1.82, 2.24) is 5.32 Å². The second kappa shape index (κ2) is 6.14. The molecule has 100 valence electrons. The maximum Gasteiger partial charge on any atom is 0.254 e. The highest BCUT2D eigenvalue weighted by molar-refractivity contribution is 6.17. The fourth-order valence-corrected chi connectivity index (χ4v) is 1.97. The molecule has 0 aromatic heterocycles. The van der Waals surface area contributed by atoms with Gasteiger partial charge in [-0.05, 0) is 38.0 Å². The average molecular weight is 276 g/mol. The third-order valence-corrected chi connectivity index (χ3v) is 3.20. The van der Waals surface area contributed by atoms with Gasteiger partial charge in [-0.1, -0.05) is 6.92 Å². The van der Waals surface area contributed by atoms with Gasteiger partial charge in [-0.3, -0.25) is 4.79 Å². The highest BCUT2D eigenvalue weighted by Gasteiger charge is 2.25. The molecule has 1 unspecified atom stereocenters. The second-order valence-corrected chi connectivity index (χ2v) is 4.81. The first-order valence-corrected chi connectivity index (χ1v) is 6.29. The van der Waals surface area contributed by atoms with E-state index in [2.05, 4.69) is 5.32 Å². The first-order valence-electron chi connectivity index (χ1n) is 5.75. The molecule has 1 aromatic rings. The fraction of sp³-hybridized carbons (Fsp3) is 0.462. The Morgan fingerprint density at radius 1 is 1.44 bits per heavy atom. The minimum Gasteiger partial charge on any atom is -0.347 e. The van der Waals surface area contributed by atoms with Crippen LogP contribution in [0.1, 0.15) is 37.0 Å². The summed E-state index contributed by atoms with van der Waals surface area (Å²) in [5.74, 6) is -1.62. The molecule has 0 radical (unpaired) electrons. The molecule has 1 rings (SSSR count). The van der Waals surface area contributed by atoms with Gasteiger partial charge in [0.2, 0.25) is 0 Å². The zero-order chi connectivity index (χ0) is 13.8. The van der Waals surface area contributed by atoms with E-state index < -0.39 is 23.1 Å². The molecule has 0 saturated carbocycles. The summed E-state index contributed by atoms with van der Waals surface area (Å²) in [4.78, 5) is 11.9. The molecule has 0 saturated heterocycles. The molecule has 0 aliphatic carbocycles. The van der Waals surface area contributed by atoms with E-state index in [4.69, 9.17) is 11.6 Å². The highest BCUT2D eigenvalue weighted by Crippen LogP contribution is 2.17. The molecule has 0 aliphatic heterocycles. The number of carbonyl (C=O) groups is 1. The van der Waals surface area contributed by atoms with Crippen molar-refractivity contribution in [1.29, 1.82) is 0 Å². The van der Waals surface area contributed by atoms with E-state index in [1.165, 1.54) is 0 Å². The van der Waals surface area contributed by atoms with Crippen LogP contribution in [0.25, 0.3) is 0 Å². The standard InChI is InChI=1S/C13H16ClF2NO/c1-3-13(2,6-7-14)17-12(18)10-8-9(15)4-5-11(10)16/h4-5,8H,3,6-7H2,1-2H3,(H,17,18). The number of rotatable bonds is 5. The number of hydrogen-bond donors (Lipinski definition) is 1. The third-order valence-electron chi connectivity index (χ3n) is 3.01. The van der Waals surface area contributed by atoms with E-state index >= 15 is 0 Å². The quantitative estimate of drug-likeness (QED) is 0.819. The Bertz CT molecular complexity index is 439. The van der Waals surface area contributed by atoms with E-state index in [1.54, 1.807) is 0 Å². The number of benzene rings is 1. The van der Waals surface area contributed by atoms with E-state index in [0.717, 1.165) is 18.2 Å². The van der Waals surface area contributed by atoms with Crippen molar-refractivity contribution in [3.63, 3.8) is 0 Å². The van der Waals surface area contributed by atoms with Crippen LogP contribution in [-0.4, -0.2) is 17.3 Å². The van der Waals surface area contributed by atoms with E-state index in [0.29, 0.717) is 18.7 Å². The van der Waals surface area contributed by atoms with Crippen LogP contribution in [0.2, 0.25) is 0 Å². The maximum absolute atomic E-state index is 13.4. The number of carbonyl (C=O) groups excluding carboxylic acids is 1. The molecule has 0 aliphatic rings. The maximum atomic E-state index is 13.4. The summed E-state index contributed by atoms with van der Waals surface area (Å²) in [6.07, 6.45) is 1.22. The van der Waals surface area contributed by atoms with Gasteiger partial charge in [-0.15, -0.1) is 11.6 Å². The Kier molecular flexibility index (Phi) is 5.08. The van der Waals surface area contributed by atoms with Crippen LogP contribution in [0, 0.1) is 11.6 Å². The Hall–Kier alpha value is -1.16. The number of nitrogens with one attached hydrogen (secondary N) is 1. The molecular weight excluding hydrogens is 260 g/mol. The average Bonchev–Trinajstić information content (AvgIpc) is 2.32. The molecule has 0 bridgehead atoms. The van der Waals surface area contributed by atoms with Gasteiger partial charge in [0.15, 0.2) is 0 Å². The zero-order valence-corrected chi connectivity index (χ0v) is 11.2. The molecule has 1 N–H and O–H groups in total. The summed E-state index contributed by atoms with van der Waals surface area (Å²) in [7, 11) is 0. The lowest BCUT2D eigenvalue weighted by atomic mass is 9.95. The predicted octanol–water partition coefficient (Wildman–Crippen LogP) is 3.49. The van der Waals surface area contributed by atoms with Crippen molar-refractivity contribution < 1.29 is 13.6 Å². The van der Waals surface area contributed by atoms with Gasteiger partial charge in [0.1, 0.15) is 11.6 Å². The molecule has 2 nitrogen and oxygen atoms in total. The summed E-state index contributed by atoms with van der Waals surface area (Å²) >= 11 is 5.67. The topological polar surface area (TPSA) is 29.1 Å². The van der Waals surface area contributed by atoms with Crippen LogP contribution < -0.4 is 5.32 Å². The molecule has 0 spiro atoms. The van der Waals surface area contributed by atoms with Crippen LogP contribution in [0.4, 0.5) is 8.78 Å². The number of alkyl halides is 1. The van der Waals surface area contributed by atoms with Crippen molar-refractivity contribution in [3.05, 3.63) is 35.4 Å². The summed E-state index contributed by atoms with van der Waals surface area (Å²) < 4.78 is 26.4. The van der Waals surface area contributed by atoms with Crippen LogP contribution in [-0.2, 0) is 0 Å². The lowest BCUT2D eigenvalue weighted by Gasteiger charge is -2.29. The van der Waals surface area contributed by atoms with Gasteiger partial charge in [0, 0.05) is 11.4 Å². The Labute approximate surface area is 110 Å². The molecular formula is C13H16ClF2NO. The van der Waals surface area contributed by atoms with Crippen molar-refractivity contribution in [2.24, 2.45) is 0 Å². The third kappa shape index (κ3) is 3.67. The minimum absolute atomic E-state index is 0.288. The molecule has 5 heteroatoms. The Morgan fingerprint density at radius 3 is 2.67 bits per heavy atom. The summed E-state index contributed by atoms with van der Waals surface area (Å²) in [6.45, 7) is 3.72. The smallest absolute Gasteiger partial charge is 0.254 e. The molecule has 1 amide bonds. The summed E-state index contributed by atoms with van der Waals surface area (Å²) in [5, 5.41) is 2.70. The highest BCUT2D eigenvalue weighted by atomic mass is 35.5. The normalized spacial score (nSPS) is 14.1. The van der Waals surface area contributed by atoms with E-state index in [1.807, 2.05) is 13.8 Å². The Balaban J connectivity index is 2.90. The first-order chi connectivity index (χ1) is 8.41. The number of amides is 1. The van der Waals surface area contributed by atoms with Crippen LogP contribution >= 0.6 is 11.6 Å².